The predicted octanol–water partition coefficient (Wildman–Crippen LogP) is 2.00. The molecule has 1 aromatic carbocycles. The molecule has 1 aromatic rings. The van der Waals surface area contributed by atoms with E-state index >= 15 is 0 Å². The van der Waals surface area contributed by atoms with Gasteiger partial charge in [-0.1, -0.05) is 37.3 Å². The zero-order chi connectivity index (χ0) is 11.4. The fraction of sp³-hybridized carbons (Fsp3) is 0.308. The summed E-state index contributed by atoms with van der Waals surface area (Å²) >= 11 is 0. The zero-order valence-corrected chi connectivity index (χ0v) is 9.32. The third kappa shape index (κ3) is 2.24. The van der Waals surface area contributed by atoms with Gasteiger partial charge >= 0.3 is 5.97 Å². The molecule has 0 aromatic heterocycles. The molecule has 1 heterocycles. The quantitative estimate of drug-likeness (QED) is 0.784. The molecule has 0 amide bonds. The first-order valence-electron chi connectivity index (χ1n) is 5.48. The lowest BCUT2D eigenvalue weighted by atomic mass is 10.1. The lowest BCUT2D eigenvalue weighted by molar-refractivity contribution is -0.136. The molecular formula is C13H15NO2. The minimum Gasteiger partial charge on any atom is -0.456 e. The number of nitrogens with one attached hydrogen (secondary N) is 1. The van der Waals surface area contributed by atoms with E-state index in [2.05, 4.69) is 17.4 Å². The summed E-state index contributed by atoms with van der Waals surface area (Å²) < 4.78 is 4.98. The summed E-state index contributed by atoms with van der Waals surface area (Å²) in [7, 11) is 0. The van der Waals surface area contributed by atoms with Crippen LogP contribution in [0.3, 0.4) is 0 Å². The fourth-order valence-electron chi connectivity index (χ4n) is 1.76. The van der Waals surface area contributed by atoms with Gasteiger partial charge < -0.3 is 10.1 Å². The molecule has 0 saturated heterocycles. The van der Waals surface area contributed by atoms with Crippen molar-refractivity contribution in [1.82, 2.24) is 5.32 Å². The molecule has 3 heteroatoms. The number of esters is 1. The van der Waals surface area contributed by atoms with Crippen LogP contribution in [0.15, 0.2) is 41.6 Å². The molecule has 0 aliphatic carbocycles. The van der Waals surface area contributed by atoms with E-state index in [0.717, 1.165) is 24.2 Å². The van der Waals surface area contributed by atoms with Gasteiger partial charge in [0.15, 0.2) is 0 Å². The van der Waals surface area contributed by atoms with Gasteiger partial charge in [0, 0.05) is 6.54 Å². The van der Waals surface area contributed by atoms with Crippen LogP contribution in [0.5, 0.6) is 0 Å². The Kier molecular flexibility index (Phi) is 3.25. The lowest BCUT2D eigenvalue weighted by Gasteiger charge is -2.06. The standard InChI is InChI=1S/C13H15NO2/c1-2-11-12(9-16-13(11)15)14-8-10-6-4-3-5-7-10/h3-7,14H,2,8-9H2,1H3. The highest BCUT2D eigenvalue weighted by Crippen LogP contribution is 2.16. The molecule has 0 fully saturated rings. The SMILES string of the molecule is CCC1=C(NCc2ccccc2)COC1=O. The summed E-state index contributed by atoms with van der Waals surface area (Å²) in [4.78, 5) is 11.3. The highest BCUT2D eigenvalue weighted by molar-refractivity contribution is 5.91. The average molecular weight is 217 g/mol. The van der Waals surface area contributed by atoms with E-state index < -0.39 is 0 Å². The summed E-state index contributed by atoms with van der Waals surface area (Å²) in [6.07, 6.45) is 0.718. The molecule has 1 aliphatic heterocycles. The van der Waals surface area contributed by atoms with Gasteiger partial charge in [0.05, 0.1) is 11.3 Å². The van der Waals surface area contributed by atoms with Crippen molar-refractivity contribution in [2.24, 2.45) is 0 Å². The van der Waals surface area contributed by atoms with Crippen LogP contribution in [0, 0.1) is 0 Å². The number of cyclic esters (lactones) is 1. The molecule has 1 N–H and O–H groups in total. The van der Waals surface area contributed by atoms with E-state index in [0.29, 0.717) is 6.61 Å². The maximum Gasteiger partial charge on any atom is 0.336 e. The Morgan fingerprint density at radius 2 is 2.06 bits per heavy atom. The van der Waals surface area contributed by atoms with Crippen molar-refractivity contribution in [2.45, 2.75) is 19.9 Å². The summed E-state index contributed by atoms with van der Waals surface area (Å²) in [5.41, 5.74) is 2.90. The highest BCUT2D eigenvalue weighted by atomic mass is 16.5. The monoisotopic (exact) mass is 217 g/mol. The first-order valence-corrected chi connectivity index (χ1v) is 5.48. The molecule has 16 heavy (non-hydrogen) atoms. The molecular weight excluding hydrogens is 202 g/mol. The van der Waals surface area contributed by atoms with Crippen molar-refractivity contribution < 1.29 is 9.53 Å². The van der Waals surface area contributed by atoms with Crippen LogP contribution in [0.1, 0.15) is 18.9 Å². The second-order valence-corrected chi connectivity index (χ2v) is 3.73. The fourth-order valence-corrected chi connectivity index (χ4v) is 1.76. The van der Waals surface area contributed by atoms with Gasteiger partial charge in [-0.2, -0.15) is 0 Å². The molecule has 84 valence electrons. The van der Waals surface area contributed by atoms with E-state index in [-0.39, 0.29) is 5.97 Å². The molecule has 2 rings (SSSR count). The molecule has 0 bridgehead atoms. The number of hydrogen-bond acceptors (Lipinski definition) is 3. The first-order chi connectivity index (χ1) is 7.81. The summed E-state index contributed by atoms with van der Waals surface area (Å²) in [5, 5.41) is 3.26. The predicted molar refractivity (Wildman–Crippen MR) is 61.6 cm³/mol. The first kappa shape index (κ1) is 10.7. The Balaban J connectivity index is 2.01. The number of hydrogen-bond donors (Lipinski definition) is 1. The third-order valence-corrected chi connectivity index (χ3v) is 2.66. The number of ether oxygens (including phenoxy) is 1. The number of benzene rings is 1. The minimum absolute atomic E-state index is 0.182. The van der Waals surface area contributed by atoms with Gasteiger partial charge in [-0.25, -0.2) is 4.79 Å². The topological polar surface area (TPSA) is 38.3 Å². The largest absolute Gasteiger partial charge is 0.456 e. The molecule has 0 spiro atoms. The van der Waals surface area contributed by atoms with E-state index in [9.17, 15) is 4.79 Å². The van der Waals surface area contributed by atoms with Crippen LogP contribution in [0.2, 0.25) is 0 Å². The van der Waals surface area contributed by atoms with Crippen molar-refractivity contribution in [3.8, 4) is 0 Å². The van der Waals surface area contributed by atoms with Crippen LogP contribution in [-0.2, 0) is 16.1 Å². The van der Waals surface area contributed by atoms with Crippen molar-refractivity contribution >= 4 is 5.97 Å². The maximum atomic E-state index is 11.3. The van der Waals surface area contributed by atoms with Gasteiger partial charge in [0.25, 0.3) is 0 Å². The summed E-state index contributed by atoms with van der Waals surface area (Å²) in [6.45, 7) is 3.08. The Morgan fingerprint density at radius 3 is 2.75 bits per heavy atom. The normalized spacial score (nSPS) is 15.2. The van der Waals surface area contributed by atoms with Crippen molar-refractivity contribution in [1.29, 1.82) is 0 Å². The Morgan fingerprint density at radius 1 is 1.31 bits per heavy atom. The van der Waals surface area contributed by atoms with Gasteiger partial charge in [0.2, 0.25) is 0 Å². The smallest absolute Gasteiger partial charge is 0.336 e. The van der Waals surface area contributed by atoms with Crippen LogP contribution in [0.25, 0.3) is 0 Å². The Bertz CT molecular complexity index is 409. The van der Waals surface area contributed by atoms with E-state index in [1.54, 1.807) is 0 Å². The molecule has 0 atom stereocenters. The minimum atomic E-state index is -0.182. The number of carbonyl (C=O) groups is 1. The second-order valence-electron chi connectivity index (χ2n) is 3.73. The zero-order valence-electron chi connectivity index (χ0n) is 9.32. The van der Waals surface area contributed by atoms with E-state index in [1.165, 1.54) is 5.56 Å². The summed E-state index contributed by atoms with van der Waals surface area (Å²) in [5.74, 6) is -0.182. The van der Waals surface area contributed by atoms with Crippen LogP contribution in [-0.4, -0.2) is 12.6 Å². The van der Waals surface area contributed by atoms with Crippen LogP contribution < -0.4 is 5.32 Å². The van der Waals surface area contributed by atoms with Crippen LogP contribution >= 0.6 is 0 Å². The van der Waals surface area contributed by atoms with Crippen molar-refractivity contribution in [3.63, 3.8) is 0 Å². The maximum absolute atomic E-state index is 11.3. The lowest BCUT2D eigenvalue weighted by Crippen LogP contribution is -2.15. The third-order valence-electron chi connectivity index (χ3n) is 2.66. The van der Waals surface area contributed by atoms with Crippen molar-refractivity contribution in [2.75, 3.05) is 6.61 Å². The number of carbonyl (C=O) groups excluding carboxylic acids is 1. The van der Waals surface area contributed by atoms with Gasteiger partial charge in [-0.15, -0.1) is 0 Å². The highest BCUT2D eigenvalue weighted by Gasteiger charge is 2.22. The number of rotatable bonds is 4. The van der Waals surface area contributed by atoms with Gasteiger partial charge in [0.1, 0.15) is 6.61 Å². The molecule has 3 nitrogen and oxygen atoms in total. The molecule has 0 radical (unpaired) electrons. The molecule has 1 aliphatic rings. The second kappa shape index (κ2) is 4.84. The Hall–Kier alpha value is -1.77. The van der Waals surface area contributed by atoms with E-state index in [1.807, 2.05) is 25.1 Å². The molecule has 0 saturated carbocycles. The molecule has 0 unspecified atom stereocenters. The van der Waals surface area contributed by atoms with Gasteiger partial charge in [-0.05, 0) is 12.0 Å². The van der Waals surface area contributed by atoms with Gasteiger partial charge in [-0.3, -0.25) is 0 Å². The Labute approximate surface area is 95.1 Å². The van der Waals surface area contributed by atoms with Crippen LogP contribution in [0.4, 0.5) is 0 Å². The van der Waals surface area contributed by atoms with E-state index in [4.69, 9.17) is 4.74 Å². The van der Waals surface area contributed by atoms with Crippen molar-refractivity contribution in [3.05, 3.63) is 47.2 Å². The average Bonchev–Trinajstić information content (AvgIpc) is 2.68. The summed E-state index contributed by atoms with van der Waals surface area (Å²) in [6, 6.07) is 10.1.